The van der Waals surface area contributed by atoms with E-state index in [4.69, 9.17) is 14.2 Å². The highest BCUT2D eigenvalue weighted by Gasteiger charge is 2.16. The summed E-state index contributed by atoms with van der Waals surface area (Å²) in [7, 11) is 3.68. The van der Waals surface area contributed by atoms with Crippen LogP contribution in [0.3, 0.4) is 0 Å². The lowest BCUT2D eigenvalue weighted by atomic mass is 9.99. The highest BCUT2D eigenvalue weighted by atomic mass is 16.5. The lowest BCUT2D eigenvalue weighted by Gasteiger charge is -2.30. The van der Waals surface area contributed by atoms with Crippen molar-refractivity contribution in [2.24, 2.45) is 5.92 Å². The number of likely N-dealkylation sites (tertiary alicyclic amines) is 1. The Bertz CT molecular complexity index is 896. The fraction of sp³-hybridized carbons (Fsp3) is 0.586. The number of benzene rings is 2. The van der Waals surface area contributed by atoms with Crippen molar-refractivity contribution in [2.75, 3.05) is 53.6 Å². The molecule has 2 aromatic carbocycles. The fourth-order valence-corrected chi connectivity index (χ4v) is 4.44. The number of aliphatic hydroxyl groups excluding tert-OH is 1. The van der Waals surface area contributed by atoms with Gasteiger partial charge in [-0.25, -0.2) is 0 Å². The minimum atomic E-state index is -0.579. The zero-order valence-corrected chi connectivity index (χ0v) is 22.2. The molecule has 1 atom stereocenters. The van der Waals surface area contributed by atoms with Gasteiger partial charge in [0.15, 0.2) is 11.5 Å². The van der Waals surface area contributed by atoms with Crippen molar-refractivity contribution in [3.05, 3.63) is 53.6 Å². The number of piperidine rings is 1. The first kappa shape index (κ1) is 27.3. The van der Waals surface area contributed by atoms with Gasteiger partial charge in [0.1, 0.15) is 25.1 Å². The third-order valence-electron chi connectivity index (χ3n) is 6.71. The van der Waals surface area contributed by atoms with Gasteiger partial charge in [-0.1, -0.05) is 39.0 Å². The molecule has 1 aliphatic rings. The third kappa shape index (κ3) is 9.02. The van der Waals surface area contributed by atoms with Crippen LogP contribution >= 0.6 is 0 Å². The molecule has 1 fully saturated rings. The summed E-state index contributed by atoms with van der Waals surface area (Å²) < 4.78 is 17.5. The predicted molar refractivity (Wildman–Crippen MR) is 142 cm³/mol. The van der Waals surface area contributed by atoms with Crippen molar-refractivity contribution in [2.45, 2.75) is 52.2 Å². The van der Waals surface area contributed by atoms with E-state index in [2.05, 4.69) is 42.7 Å². The standard InChI is InChI=1S/C29H44N2O4/c1-22(2)25-7-6-8-27(18-25)35-21-26(32)20-30(4)19-24-9-10-28(29(17-24)33-5)34-16-15-31-13-11-23(3)12-14-31/h6-10,17-18,22-23,26,32H,11-16,19-21H2,1-5H3. The Morgan fingerprint density at radius 2 is 1.83 bits per heavy atom. The normalized spacial score (nSPS) is 16.0. The number of aliphatic hydroxyl groups is 1. The van der Waals surface area contributed by atoms with Crippen LogP contribution in [-0.2, 0) is 6.54 Å². The minimum absolute atomic E-state index is 0.262. The second-order valence-corrected chi connectivity index (χ2v) is 10.2. The monoisotopic (exact) mass is 484 g/mol. The topological polar surface area (TPSA) is 54.4 Å². The maximum atomic E-state index is 10.5. The molecule has 0 amide bonds. The van der Waals surface area contributed by atoms with E-state index in [1.807, 2.05) is 37.4 Å². The molecule has 0 aromatic heterocycles. The highest BCUT2D eigenvalue weighted by molar-refractivity contribution is 5.43. The fourth-order valence-electron chi connectivity index (χ4n) is 4.44. The molecule has 6 heteroatoms. The smallest absolute Gasteiger partial charge is 0.161 e. The van der Waals surface area contributed by atoms with E-state index in [-0.39, 0.29) is 6.61 Å². The molecule has 35 heavy (non-hydrogen) atoms. The number of likely N-dealkylation sites (N-methyl/N-ethyl adjacent to an activating group) is 1. The molecule has 1 N–H and O–H groups in total. The first-order valence-electron chi connectivity index (χ1n) is 13.0. The summed E-state index contributed by atoms with van der Waals surface area (Å²) in [6.07, 6.45) is 1.97. The van der Waals surface area contributed by atoms with E-state index < -0.39 is 6.10 Å². The Morgan fingerprint density at radius 3 is 2.54 bits per heavy atom. The largest absolute Gasteiger partial charge is 0.493 e. The van der Waals surface area contributed by atoms with Gasteiger partial charge in [0.2, 0.25) is 0 Å². The summed E-state index contributed by atoms with van der Waals surface area (Å²) in [6, 6.07) is 14.2. The second kappa shape index (κ2) is 13.7. The summed E-state index contributed by atoms with van der Waals surface area (Å²) >= 11 is 0. The van der Waals surface area contributed by atoms with Crippen LogP contribution < -0.4 is 14.2 Å². The summed E-state index contributed by atoms with van der Waals surface area (Å²) in [5.74, 6) is 3.61. The molecule has 0 aliphatic carbocycles. The van der Waals surface area contributed by atoms with Crippen LogP contribution in [0.1, 0.15) is 50.7 Å². The Kier molecular flexibility index (Phi) is 10.7. The average Bonchev–Trinajstić information content (AvgIpc) is 2.84. The molecule has 1 unspecified atom stereocenters. The van der Waals surface area contributed by atoms with Crippen molar-refractivity contribution in [1.82, 2.24) is 9.80 Å². The van der Waals surface area contributed by atoms with E-state index in [0.29, 0.717) is 25.6 Å². The maximum Gasteiger partial charge on any atom is 0.161 e. The van der Waals surface area contributed by atoms with Gasteiger partial charge in [-0.15, -0.1) is 0 Å². The Balaban J connectivity index is 1.43. The molecule has 3 rings (SSSR count). The van der Waals surface area contributed by atoms with E-state index >= 15 is 0 Å². The Labute approximate surface area is 211 Å². The van der Waals surface area contributed by atoms with Gasteiger partial charge in [0, 0.05) is 19.6 Å². The SMILES string of the molecule is COc1cc(CN(C)CC(O)COc2cccc(C(C)C)c2)ccc1OCCN1CCC(C)CC1. The quantitative estimate of drug-likeness (QED) is 0.441. The molecule has 1 heterocycles. The van der Waals surface area contributed by atoms with Crippen LogP contribution in [0.4, 0.5) is 0 Å². The number of rotatable bonds is 13. The molecule has 0 saturated carbocycles. The van der Waals surface area contributed by atoms with Gasteiger partial charge < -0.3 is 19.3 Å². The van der Waals surface area contributed by atoms with Gasteiger partial charge in [-0.3, -0.25) is 9.80 Å². The van der Waals surface area contributed by atoms with Crippen LogP contribution in [0.5, 0.6) is 17.2 Å². The molecule has 0 bridgehead atoms. The van der Waals surface area contributed by atoms with Crippen molar-refractivity contribution in [3.63, 3.8) is 0 Å². The van der Waals surface area contributed by atoms with E-state index in [0.717, 1.165) is 48.4 Å². The summed E-state index contributed by atoms with van der Waals surface area (Å²) in [4.78, 5) is 4.57. The summed E-state index contributed by atoms with van der Waals surface area (Å²) in [5.41, 5.74) is 2.34. The van der Waals surface area contributed by atoms with Crippen LogP contribution in [0.15, 0.2) is 42.5 Å². The van der Waals surface area contributed by atoms with E-state index in [1.54, 1.807) is 7.11 Å². The summed E-state index contributed by atoms with van der Waals surface area (Å²) in [6.45, 7) is 12.1. The van der Waals surface area contributed by atoms with Crippen LogP contribution in [0.25, 0.3) is 0 Å². The zero-order chi connectivity index (χ0) is 25.2. The van der Waals surface area contributed by atoms with Crippen molar-refractivity contribution in [1.29, 1.82) is 0 Å². The number of nitrogens with zero attached hydrogens (tertiary/aromatic N) is 2. The first-order valence-corrected chi connectivity index (χ1v) is 13.0. The van der Waals surface area contributed by atoms with E-state index in [1.165, 1.54) is 18.4 Å². The molecular weight excluding hydrogens is 440 g/mol. The molecular formula is C29H44N2O4. The molecule has 1 aliphatic heterocycles. The molecule has 6 nitrogen and oxygen atoms in total. The van der Waals surface area contributed by atoms with Crippen molar-refractivity contribution in [3.8, 4) is 17.2 Å². The van der Waals surface area contributed by atoms with Gasteiger partial charge in [-0.05, 0) is 80.2 Å². The zero-order valence-electron chi connectivity index (χ0n) is 22.2. The lowest BCUT2D eigenvalue weighted by Crippen LogP contribution is -2.35. The molecule has 0 spiro atoms. The van der Waals surface area contributed by atoms with Crippen LogP contribution in [0.2, 0.25) is 0 Å². The summed E-state index contributed by atoms with van der Waals surface area (Å²) in [5, 5.41) is 10.5. The highest BCUT2D eigenvalue weighted by Crippen LogP contribution is 2.29. The molecule has 0 radical (unpaired) electrons. The third-order valence-corrected chi connectivity index (χ3v) is 6.71. The average molecular weight is 485 g/mol. The van der Waals surface area contributed by atoms with Crippen molar-refractivity contribution >= 4 is 0 Å². The number of hydrogen-bond acceptors (Lipinski definition) is 6. The van der Waals surface area contributed by atoms with Gasteiger partial charge >= 0.3 is 0 Å². The van der Waals surface area contributed by atoms with Crippen LogP contribution in [-0.4, -0.2) is 74.6 Å². The van der Waals surface area contributed by atoms with Crippen LogP contribution in [0, 0.1) is 5.92 Å². The lowest BCUT2D eigenvalue weighted by molar-refractivity contribution is 0.0743. The predicted octanol–water partition coefficient (Wildman–Crippen LogP) is 4.80. The molecule has 2 aromatic rings. The van der Waals surface area contributed by atoms with Gasteiger partial charge in [0.25, 0.3) is 0 Å². The van der Waals surface area contributed by atoms with Gasteiger partial charge in [-0.2, -0.15) is 0 Å². The maximum absolute atomic E-state index is 10.5. The van der Waals surface area contributed by atoms with Gasteiger partial charge in [0.05, 0.1) is 7.11 Å². The molecule has 1 saturated heterocycles. The number of hydrogen-bond donors (Lipinski definition) is 1. The second-order valence-electron chi connectivity index (χ2n) is 10.2. The van der Waals surface area contributed by atoms with E-state index in [9.17, 15) is 5.11 Å². The Morgan fingerprint density at radius 1 is 1.06 bits per heavy atom. The van der Waals surface area contributed by atoms with Crippen molar-refractivity contribution < 1.29 is 19.3 Å². The molecule has 194 valence electrons. The first-order chi connectivity index (χ1) is 16.8. The Hall–Kier alpha value is -2.28. The minimum Gasteiger partial charge on any atom is -0.493 e. The number of methoxy groups -OCH3 is 1. The number of ether oxygens (including phenoxy) is 3.